The third-order valence-corrected chi connectivity index (χ3v) is 6.35. The lowest BCUT2D eigenvalue weighted by atomic mass is 9.82. The number of esters is 1. The van der Waals surface area contributed by atoms with Gasteiger partial charge >= 0.3 is 5.97 Å². The number of hydrogen-bond acceptors (Lipinski definition) is 7. The number of carbonyl (C=O) groups excluding carboxylic acids is 1. The fourth-order valence-electron chi connectivity index (χ4n) is 3.46. The minimum Gasteiger partial charge on any atom is -0.465 e. The van der Waals surface area contributed by atoms with Gasteiger partial charge in [0, 0.05) is 6.26 Å². The van der Waals surface area contributed by atoms with Crippen molar-refractivity contribution in [3.8, 4) is 0 Å². The summed E-state index contributed by atoms with van der Waals surface area (Å²) in [5, 5.41) is 9.30. The monoisotopic (exact) mass is 463 g/mol. The van der Waals surface area contributed by atoms with E-state index in [0.29, 0.717) is 12.8 Å². The van der Waals surface area contributed by atoms with E-state index in [1.165, 1.54) is 0 Å². The number of unbranched alkanes of at least 4 members (excludes halogenated alkanes) is 3. The SMILES string of the molecule is CC(c1ccc(S(C)(=O)=O)cc1)C(C(=O)OCCCCCCO[N+](=O)[O-])c1ccccc1. The summed E-state index contributed by atoms with van der Waals surface area (Å²) in [7, 11) is -3.29. The van der Waals surface area contributed by atoms with Crippen LogP contribution in [0.15, 0.2) is 59.5 Å². The van der Waals surface area contributed by atoms with Gasteiger partial charge in [-0.25, -0.2) is 8.42 Å². The zero-order valence-electron chi connectivity index (χ0n) is 18.3. The minimum absolute atomic E-state index is 0.0680. The highest BCUT2D eigenvalue weighted by Gasteiger charge is 2.29. The van der Waals surface area contributed by atoms with Crippen LogP contribution in [0.5, 0.6) is 0 Å². The standard InChI is InChI=1S/C23H29NO7S/c1-18(19-12-14-21(15-13-19)32(2,28)29)22(20-10-6-5-7-11-20)23(25)30-16-8-3-4-9-17-31-24(26)27/h5-7,10-15,18,22H,3-4,8-9,16-17H2,1-2H3. The predicted octanol–water partition coefficient (Wildman–Crippen LogP) is 4.29. The molecule has 0 saturated heterocycles. The Morgan fingerprint density at radius 1 is 0.938 bits per heavy atom. The van der Waals surface area contributed by atoms with E-state index in [2.05, 4.69) is 4.84 Å². The van der Waals surface area contributed by atoms with Crippen molar-refractivity contribution in [2.75, 3.05) is 19.5 Å². The third kappa shape index (κ3) is 7.96. The van der Waals surface area contributed by atoms with Crippen LogP contribution in [-0.2, 0) is 24.2 Å². The Morgan fingerprint density at radius 3 is 2.09 bits per heavy atom. The number of sulfone groups is 1. The summed E-state index contributed by atoms with van der Waals surface area (Å²) in [6.45, 7) is 2.25. The van der Waals surface area contributed by atoms with Crippen LogP contribution in [0.25, 0.3) is 0 Å². The van der Waals surface area contributed by atoms with E-state index in [-0.39, 0.29) is 30.0 Å². The second-order valence-electron chi connectivity index (χ2n) is 7.66. The van der Waals surface area contributed by atoms with Crippen molar-refractivity contribution in [1.29, 1.82) is 0 Å². The first-order valence-corrected chi connectivity index (χ1v) is 12.4. The van der Waals surface area contributed by atoms with Crippen molar-refractivity contribution in [2.24, 2.45) is 0 Å². The average molecular weight is 464 g/mol. The van der Waals surface area contributed by atoms with Crippen LogP contribution in [-0.4, -0.2) is 38.9 Å². The molecular weight excluding hydrogens is 434 g/mol. The Hall–Kier alpha value is -2.94. The Kier molecular flexibility index (Phi) is 9.64. The Bertz CT molecular complexity index is 975. The van der Waals surface area contributed by atoms with Gasteiger partial charge in [-0.05, 0) is 48.4 Å². The number of ether oxygens (including phenoxy) is 1. The van der Waals surface area contributed by atoms with E-state index in [9.17, 15) is 23.3 Å². The van der Waals surface area contributed by atoms with Gasteiger partial charge in [0.05, 0.1) is 24.0 Å². The van der Waals surface area contributed by atoms with E-state index < -0.39 is 20.8 Å². The fraction of sp³-hybridized carbons (Fsp3) is 0.435. The van der Waals surface area contributed by atoms with Crippen molar-refractivity contribution in [3.63, 3.8) is 0 Å². The molecular formula is C23H29NO7S. The molecule has 0 aliphatic heterocycles. The number of rotatable bonds is 13. The highest BCUT2D eigenvalue weighted by atomic mass is 32.2. The maximum absolute atomic E-state index is 13.0. The third-order valence-electron chi connectivity index (χ3n) is 5.23. The fourth-order valence-corrected chi connectivity index (χ4v) is 4.09. The molecule has 8 nitrogen and oxygen atoms in total. The molecule has 0 aromatic heterocycles. The lowest BCUT2D eigenvalue weighted by Gasteiger charge is -2.23. The molecule has 2 atom stereocenters. The Balaban J connectivity index is 2.00. The quantitative estimate of drug-likeness (QED) is 0.188. The predicted molar refractivity (Wildman–Crippen MR) is 120 cm³/mol. The molecule has 0 heterocycles. The van der Waals surface area contributed by atoms with Crippen molar-refractivity contribution in [3.05, 3.63) is 75.8 Å². The van der Waals surface area contributed by atoms with Gasteiger partial charge in [0.1, 0.15) is 0 Å². The van der Waals surface area contributed by atoms with Crippen LogP contribution >= 0.6 is 0 Å². The summed E-state index contributed by atoms with van der Waals surface area (Å²) >= 11 is 0. The normalized spacial score (nSPS) is 13.2. The van der Waals surface area contributed by atoms with E-state index in [1.807, 2.05) is 37.3 Å². The molecule has 174 valence electrons. The van der Waals surface area contributed by atoms with Crippen LogP contribution in [0, 0.1) is 10.1 Å². The van der Waals surface area contributed by atoms with Gasteiger partial charge in [-0.1, -0.05) is 55.8 Å². The van der Waals surface area contributed by atoms with E-state index in [0.717, 1.165) is 30.2 Å². The van der Waals surface area contributed by atoms with Gasteiger partial charge < -0.3 is 9.57 Å². The van der Waals surface area contributed by atoms with Crippen LogP contribution in [0.2, 0.25) is 0 Å². The molecule has 0 bridgehead atoms. The first kappa shape index (κ1) is 25.3. The molecule has 32 heavy (non-hydrogen) atoms. The molecule has 0 N–H and O–H groups in total. The van der Waals surface area contributed by atoms with Gasteiger partial charge in [0.15, 0.2) is 9.84 Å². The number of benzene rings is 2. The van der Waals surface area contributed by atoms with Gasteiger partial charge in [-0.15, -0.1) is 10.1 Å². The van der Waals surface area contributed by atoms with Gasteiger partial charge in [-0.2, -0.15) is 0 Å². The molecule has 0 spiro atoms. The smallest absolute Gasteiger partial charge is 0.314 e. The molecule has 0 radical (unpaired) electrons. The van der Waals surface area contributed by atoms with Crippen LogP contribution < -0.4 is 0 Å². The van der Waals surface area contributed by atoms with Crippen molar-refractivity contribution in [1.82, 2.24) is 0 Å². The zero-order valence-corrected chi connectivity index (χ0v) is 19.1. The second kappa shape index (κ2) is 12.2. The van der Waals surface area contributed by atoms with Crippen molar-refractivity contribution in [2.45, 2.75) is 49.3 Å². The van der Waals surface area contributed by atoms with Crippen molar-refractivity contribution >= 4 is 15.8 Å². The highest BCUT2D eigenvalue weighted by Crippen LogP contribution is 2.34. The highest BCUT2D eigenvalue weighted by molar-refractivity contribution is 7.90. The maximum Gasteiger partial charge on any atom is 0.314 e. The summed E-state index contributed by atoms with van der Waals surface area (Å²) < 4.78 is 29.0. The number of hydrogen-bond donors (Lipinski definition) is 0. The maximum atomic E-state index is 13.0. The van der Waals surface area contributed by atoms with Crippen LogP contribution in [0.1, 0.15) is 55.6 Å². The first-order valence-electron chi connectivity index (χ1n) is 10.5. The molecule has 9 heteroatoms. The van der Waals surface area contributed by atoms with Crippen LogP contribution in [0.3, 0.4) is 0 Å². The summed E-state index contributed by atoms with van der Waals surface area (Å²) in [6.07, 6.45) is 3.90. The Labute approximate surface area is 188 Å². The lowest BCUT2D eigenvalue weighted by Crippen LogP contribution is -2.22. The minimum atomic E-state index is -3.29. The topological polar surface area (TPSA) is 113 Å². The van der Waals surface area contributed by atoms with Gasteiger partial charge in [-0.3, -0.25) is 4.79 Å². The van der Waals surface area contributed by atoms with Crippen LogP contribution in [0.4, 0.5) is 0 Å². The molecule has 0 amide bonds. The second-order valence-corrected chi connectivity index (χ2v) is 9.67. The molecule has 2 rings (SSSR count). The van der Waals surface area contributed by atoms with Gasteiger partial charge in [0.2, 0.25) is 0 Å². The molecule has 0 saturated carbocycles. The summed E-state index contributed by atoms with van der Waals surface area (Å²) in [4.78, 5) is 27.6. The molecule has 0 aliphatic carbocycles. The first-order chi connectivity index (χ1) is 15.2. The van der Waals surface area contributed by atoms with Gasteiger partial charge in [0.25, 0.3) is 5.09 Å². The number of nitrogens with zero attached hydrogens (tertiary/aromatic N) is 1. The summed E-state index contributed by atoms with van der Waals surface area (Å²) in [6, 6.07) is 15.9. The molecule has 2 aromatic carbocycles. The Morgan fingerprint density at radius 2 is 1.53 bits per heavy atom. The molecule has 2 aromatic rings. The largest absolute Gasteiger partial charge is 0.465 e. The summed E-state index contributed by atoms with van der Waals surface area (Å²) in [5.74, 6) is -1.10. The molecule has 2 unspecified atom stereocenters. The van der Waals surface area contributed by atoms with E-state index in [1.54, 1.807) is 24.3 Å². The number of carbonyl (C=O) groups is 1. The van der Waals surface area contributed by atoms with E-state index in [4.69, 9.17) is 4.74 Å². The zero-order chi connectivity index (χ0) is 23.6. The van der Waals surface area contributed by atoms with E-state index >= 15 is 0 Å². The van der Waals surface area contributed by atoms with Crippen molar-refractivity contribution < 1.29 is 27.9 Å². The molecule has 0 fully saturated rings. The molecule has 0 aliphatic rings. The summed E-state index contributed by atoms with van der Waals surface area (Å²) in [5.41, 5.74) is 1.67. The lowest BCUT2D eigenvalue weighted by molar-refractivity contribution is -0.757. The average Bonchev–Trinajstić information content (AvgIpc) is 2.75.